The molecule has 0 aliphatic carbocycles. The Hall–Kier alpha value is -0.870. The first-order chi connectivity index (χ1) is 8.63. The summed E-state index contributed by atoms with van der Waals surface area (Å²) in [4.78, 5) is 0. The summed E-state index contributed by atoms with van der Waals surface area (Å²) in [6, 6.07) is 8.11. The highest BCUT2D eigenvalue weighted by Crippen LogP contribution is 2.12. The van der Waals surface area contributed by atoms with Crippen LogP contribution in [0.4, 0.5) is 0 Å². The Balaban J connectivity index is 2.32. The van der Waals surface area contributed by atoms with Crippen LogP contribution < -0.4 is 10.1 Å². The van der Waals surface area contributed by atoms with Gasteiger partial charge in [0.1, 0.15) is 5.75 Å². The summed E-state index contributed by atoms with van der Waals surface area (Å²) in [6.07, 6.45) is 2.77. The number of hydrogen-bond donors (Lipinski definition) is 1. The van der Waals surface area contributed by atoms with Crippen molar-refractivity contribution >= 4 is 10.8 Å². The number of nitrogens with one attached hydrogen (secondary N) is 1. The normalized spacial score (nSPS) is 14.2. The molecule has 0 heterocycles. The Labute approximate surface area is 112 Å². The Morgan fingerprint density at radius 2 is 2.00 bits per heavy atom. The van der Waals surface area contributed by atoms with Crippen molar-refractivity contribution in [3.8, 4) is 5.75 Å². The van der Waals surface area contributed by atoms with Gasteiger partial charge in [-0.2, -0.15) is 0 Å². The van der Waals surface area contributed by atoms with Crippen molar-refractivity contribution in [2.45, 2.75) is 32.1 Å². The van der Waals surface area contributed by atoms with Crippen LogP contribution in [0.25, 0.3) is 0 Å². The largest absolute Gasteiger partial charge is 0.494 e. The van der Waals surface area contributed by atoms with Gasteiger partial charge in [0.05, 0.1) is 6.61 Å². The van der Waals surface area contributed by atoms with E-state index in [2.05, 4.69) is 24.4 Å². The van der Waals surface area contributed by atoms with E-state index < -0.39 is 10.8 Å². The third-order valence-electron chi connectivity index (χ3n) is 2.72. The van der Waals surface area contributed by atoms with Crippen molar-refractivity contribution in [2.75, 3.05) is 19.4 Å². The summed E-state index contributed by atoms with van der Waals surface area (Å²) in [5.41, 5.74) is 1.22. The lowest BCUT2D eigenvalue weighted by Gasteiger charge is -2.10. The van der Waals surface area contributed by atoms with Gasteiger partial charge < -0.3 is 10.1 Å². The van der Waals surface area contributed by atoms with Gasteiger partial charge in [0.2, 0.25) is 0 Å². The summed E-state index contributed by atoms with van der Waals surface area (Å²) in [7, 11) is -0.758. The zero-order valence-electron chi connectivity index (χ0n) is 11.4. The van der Waals surface area contributed by atoms with Crippen molar-refractivity contribution in [3.05, 3.63) is 29.8 Å². The third-order valence-corrected chi connectivity index (χ3v) is 4.02. The minimum absolute atomic E-state index is 0.192. The van der Waals surface area contributed by atoms with Crippen LogP contribution in [0.5, 0.6) is 5.75 Å². The van der Waals surface area contributed by atoms with Crippen molar-refractivity contribution in [3.63, 3.8) is 0 Å². The first-order valence-corrected chi connectivity index (χ1v) is 8.00. The van der Waals surface area contributed by atoms with Crippen molar-refractivity contribution < 1.29 is 8.95 Å². The lowest BCUT2D eigenvalue weighted by atomic mass is 10.2. The zero-order chi connectivity index (χ0) is 13.4. The quantitative estimate of drug-likeness (QED) is 0.787. The minimum Gasteiger partial charge on any atom is -0.494 e. The SMILES string of the molecule is CCCOc1ccc(CNCC(C)S(C)=O)cc1. The number of benzene rings is 1. The average molecular weight is 269 g/mol. The fourth-order valence-corrected chi connectivity index (χ4v) is 1.81. The fourth-order valence-electron chi connectivity index (χ4n) is 1.46. The summed E-state index contributed by atoms with van der Waals surface area (Å²) >= 11 is 0. The summed E-state index contributed by atoms with van der Waals surface area (Å²) in [5, 5.41) is 3.50. The zero-order valence-corrected chi connectivity index (χ0v) is 12.3. The lowest BCUT2D eigenvalue weighted by molar-refractivity contribution is 0.317. The summed E-state index contributed by atoms with van der Waals surface area (Å²) < 4.78 is 16.7. The molecule has 1 rings (SSSR count). The number of rotatable bonds is 8. The van der Waals surface area contributed by atoms with Gasteiger partial charge in [-0.25, -0.2) is 0 Å². The Bertz CT molecular complexity index is 365. The molecule has 0 spiro atoms. The molecule has 0 bridgehead atoms. The maximum atomic E-state index is 11.2. The molecule has 1 N–H and O–H groups in total. The molecule has 18 heavy (non-hydrogen) atoms. The van der Waals surface area contributed by atoms with Crippen LogP contribution in [0.2, 0.25) is 0 Å². The molecule has 3 nitrogen and oxygen atoms in total. The van der Waals surface area contributed by atoms with E-state index in [-0.39, 0.29) is 5.25 Å². The van der Waals surface area contributed by atoms with E-state index in [0.29, 0.717) is 0 Å². The fraction of sp³-hybridized carbons (Fsp3) is 0.571. The predicted octanol–water partition coefficient (Wildman–Crippen LogP) is 2.33. The van der Waals surface area contributed by atoms with E-state index >= 15 is 0 Å². The van der Waals surface area contributed by atoms with Crippen LogP contribution in [0.3, 0.4) is 0 Å². The van der Waals surface area contributed by atoms with Crippen LogP contribution in [0.1, 0.15) is 25.8 Å². The number of hydrogen-bond acceptors (Lipinski definition) is 3. The molecule has 0 fully saturated rings. The topological polar surface area (TPSA) is 38.3 Å². The molecule has 1 aromatic carbocycles. The van der Waals surface area contributed by atoms with Crippen molar-refractivity contribution in [2.24, 2.45) is 0 Å². The van der Waals surface area contributed by atoms with E-state index in [1.165, 1.54) is 5.56 Å². The molecular weight excluding hydrogens is 246 g/mol. The van der Waals surface area contributed by atoms with Gasteiger partial charge in [0.25, 0.3) is 0 Å². The van der Waals surface area contributed by atoms with Crippen LogP contribution in [-0.4, -0.2) is 28.9 Å². The molecule has 2 atom stereocenters. The molecule has 0 saturated heterocycles. The lowest BCUT2D eigenvalue weighted by Crippen LogP contribution is -2.27. The predicted molar refractivity (Wildman–Crippen MR) is 77.5 cm³/mol. The smallest absolute Gasteiger partial charge is 0.119 e. The Kier molecular flexibility index (Phi) is 6.98. The summed E-state index contributed by atoms with van der Waals surface area (Å²) in [5.74, 6) is 0.920. The molecule has 4 heteroatoms. The second kappa shape index (κ2) is 8.27. The van der Waals surface area contributed by atoms with Crippen LogP contribution in [0.15, 0.2) is 24.3 Å². The average Bonchev–Trinajstić information content (AvgIpc) is 2.37. The van der Waals surface area contributed by atoms with E-state index in [1.807, 2.05) is 19.1 Å². The summed E-state index contributed by atoms with van der Waals surface area (Å²) in [6.45, 7) is 6.42. The van der Waals surface area contributed by atoms with Gasteiger partial charge in [-0.05, 0) is 31.0 Å². The van der Waals surface area contributed by atoms with Crippen LogP contribution in [-0.2, 0) is 17.3 Å². The monoisotopic (exact) mass is 269 g/mol. The molecular formula is C14H23NO2S. The van der Waals surface area contributed by atoms with Gasteiger partial charge in [-0.1, -0.05) is 19.1 Å². The maximum absolute atomic E-state index is 11.2. The second-order valence-corrected chi connectivity index (χ2v) is 6.23. The molecule has 0 saturated carbocycles. The van der Waals surface area contributed by atoms with Gasteiger partial charge in [0.15, 0.2) is 0 Å². The van der Waals surface area contributed by atoms with Crippen molar-refractivity contribution in [1.29, 1.82) is 0 Å². The van der Waals surface area contributed by atoms with Gasteiger partial charge in [-0.3, -0.25) is 4.21 Å². The van der Waals surface area contributed by atoms with Crippen LogP contribution in [0, 0.1) is 0 Å². The maximum Gasteiger partial charge on any atom is 0.119 e. The van der Waals surface area contributed by atoms with E-state index in [0.717, 1.165) is 31.9 Å². The highest BCUT2D eigenvalue weighted by molar-refractivity contribution is 7.84. The third kappa shape index (κ3) is 5.65. The highest BCUT2D eigenvalue weighted by Gasteiger charge is 2.04. The molecule has 1 aromatic rings. The molecule has 0 radical (unpaired) electrons. The van der Waals surface area contributed by atoms with Gasteiger partial charge >= 0.3 is 0 Å². The number of ether oxygens (including phenoxy) is 1. The van der Waals surface area contributed by atoms with E-state index in [9.17, 15) is 4.21 Å². The molecule has 0 aliphatic rings. The highest BCUT2D eigenvalue weighted by atomic mass is 32.2. The van der Waals surface area contributed by atoms with Gasteiger partial charge in [-0.15, -0.1) is 0 Å². The Morgan fingerprint density at radius 3 is 2.56 bits per heavy atom. The van der Waals surface area contributed by atoms with Gasteiger partial charge in [0, 0.05) is 35.4 Å². The first kappa shape index (κ1) is 15.2. The second-order valence-electron chi connectivity index (χ2n) is 4.43. The van der Waals surface area contributed by atoms with Crippen LogP contribution >= 0.6 is 0 Å². The minimum atomic E-state index is -0.758. The first-order valence-electron chi connectivity index (χ1n) is 6.38. The Morgan fingerprint density at radius 1 is 1.33 bits per heavy atom. The molecule has 102 valence electrons. The van der Waals surface area contributed by atoms with E-state index in [4.69, 9.17) is 4.74 Å². The van der Waals surface area contributed by atoms with E-state index in [1.54, 1.807) is 6.26 Å². The van der Waals surface area contributed by atoms with Crippen molar-refractivity contribution in [1.82, 2.24) is 5.32 Å². The molecule has 0 aliphatic heterocycles. The standard InChI is InChI=1S/C14H23NO2S/c1-4-9-17-14-7-5-13(6-8-14)11-15-10-12(2)18(3)16/h5-8,12,15H,4,9-11H2,1-3H3. The molecule has 0 amide bonds. The molecule has 0 aromatic heterocycles. The molecule has 2 unspecified atom stereocenters.